The molecule has 0 saturated heterocycles. The molecule has 0 heterocycles. The lowest BCUT2D eigenvalue weighted by atomic mass is 9.93. The Hall–Kier alpha value is -0.830. The molecule has 0 nitrogen and oxygen atoms in total. The van der Waals surface area contributed by atoms with Crippen molar-refractivity contribution in [1.29, 1.82) is 0 Å². The van der Waals surface area contributed by atoms with Gasteiger partial charge in [-0.2, -0.15) is 0 Å². The van der Waals surface area contributed by atoms with E-state index in [1.165, 1.54) is 16.7 Å². The van der Waals surface area contributed by atoms with E-state index in [4.69, 9.17) is 0 Å². The van der Waals surface area contributed by atoms with Crippen molar-refractivity contribution in [2.24, 2.45) is 0 Å². The number of rotatable bonds is 3. The first-order valence-corrected chi connectivity index (χ1v) is 8.18. The van der Waals surface area contributed by atoms with Crippen molar-refractivity contribution in [3.8, 4) is 0 Å². The Kier molecular flexibility index (Phi) is 7.14. The van der Waals surface area contributed by atoms with Gasteiger partial charge in [0.05, 0.1) is 0 Å². The largest absolute Gasteiger partial charge is 0.0768 e. The summed E-state index contributed by atoms with van der Waals surface area (Å²) in [5.41, 5.74) is 4.14. The van der Waals surface area contributed by atoms with Crippen LogP contribution in [0, 0.1) is 6.92 Å². The Bertz CT molecular complexity index is 459. The topological polar surface area (TPSA) is 0 Å². The molecule has 0 fully saturated rings. The first-order chi connectivity index (χ1) is 9.18. The summed E-state index contributed by atoms with van der Waals surface area (Å²) in [6.07, 6.45) is 0. The molecule has 0 N–H and O–H groups in total. The maximum absolute atomic E-state index is 2.55. The van der Waals surface area contributed by atoms with Gasteiger partial charge in [-0.3, -0.25) is 0 Å². The van der Waals surface area contributed by atoms with Crippen LogP contribution in [0.25, 0.3) is 0 Å². The highest BCUT2D eigenvalue weighted by Gasteiger charge is 2.17. The Morgan fingerprint density at radius 1 is 0.789 bits per heavy atom. The van der Waals surface area contributed by atoms with E-state index in [-0.39, 0.29) is 0 Å². The lowest BCUT2D eigenvalue weighted by Crippen LogP contribution is -2.01. The van der Waals surface area contributed by atoms with Crippen molar-refractivity contribution in [2.45, 2.75) is 37.5 Å². The van der Waals surface area contributed by atoms with E-state index in [0.717, 1.165) is 0 Å². The Morgan fingerprint density at radius 2 is 1.32 bits per heavy atom. The first kappa shape index (κ1) is 16.2. The molecular formula is C18H23I. The van der Waals surface area contributed by atoms with Crippen molar-refractivity contribution in [3.05, 3.63) is 71.3 Å². The third-order valence-electron chi connectivity index (χ3n) is 3.16. The summed E-state index contributed by atoms with van der Waals surface area (Å²) in [5, 5.41) is 0. The molecule has 0 aliphatic heterocycles. The molecule has 0 aliphatic carbocycles. The maximum atomic E-state index is 2.55. The number of hydrogen-bond donors (Lipinski definition) is 0. The fourth-order valence-electron chi connectivity index (χ4n) is 1.96. The number of aryl methyl sites for hydroxylation is 1. The van der Waals surface area contributed by atoms with Gasteiger partial charge in [0.2, 0.25) is 0 Å². The zero-order valence-corrected chi connectivity index (χ0v) is 14.4. The van der Waals surface area contributed by atoms with Gasteiger partial charge < -0.3 is 0 Å². The normalized spacial score (nSPS) is 13.1. The summed E-state index contributed by atoms with van der Waals surface area (Å²) in [6, 6.07) is 19.6. The molecule has 2 rings (SSSR count). The standard InChI is InChI=1S/C16H17I.C2H6/c1-12-8-10-14(11-9-12)13(2)16(17)15-6-4-3-5-7-15;1-2/h3-11,13,16H,1-2H3;1-2H3. The zero-order chi connectivity index (χ0) is 14.3. The summed E-state index contributed by atoms with van der Waals surface area (Å²) in [5.74, 6) is 0.540. The molecule has 0 aromatic heterocycles. The van der Waals surface area contributed by atoms with E-state index in [9.17, 15) is 0 Å². The average molecular weight is 366 g/mol. The molecule has 0 amide bonds. The van der Waals surface area contributed by atoms with Crippen molar-refractivity contribution in [3.63, 3.8) is 0 Å². The monoisotopic (exact) mass is 366 g/mol. The molecule has 2 aromatic rings. The molecule has 0 bridgehead atoms. The number of benzene rings is 2. The molecule has 0 radical (unpaired) electrons. The van der Waals surface area contributed by atoms with Gasteiger partial charge >= 0.3 is 0 Å². The highest BCUT2D eigenvalue weighted by molar-refractivity contribution is 14.1. The lowest BCUT2D eigenvalue weighted by Gasteiger charge is -2.19. The summed E-state index contributed by atoms with van der Waals surface area (Å²) in [6.45, 7) is 8.43. The second-order valence-corrected chi connectivity index (χ2v) is 5.85. The molecule has 2 unspecified atom stereocenters. The highest BCUT2D eigenvalue weighted by Crippen LogP contribution is 2.37. The zero-order valence-electron chi connectivity index (χ0n) is 12.2. The van der Waals surface area contributed by atoms with Gasteiger partial charge in [-0.1, -0.05) is 104 Å². The Labute approximate surface area is 131 Å². The van der Waals surface area contributed by atoms with Crippen molar-refractivity contribution >= 4 is 22.6 Å². The van der Waals surface area contributed by atoms with Crippen molar-refractivity contribution in [1.82, 2.24) is 0 Å². The van der Waals surface area contributed by atoms with Crippen LogP contribution in [-0.2, 0) is 0 Å². The van der Waals surface area contributed by atoms with Crippen LogP contribution in [0.1, 0.15) is 47.3 Å². The van der Waals surface area contributed by atoms with Gasteiger partial charge in [0.15, 0.2) is 0 Å². The van der Waals surface area contributed by atoms with Crippen LogP contribution in [0.3, 0.4) is 0 Å². The molecule has 1 heteroatoms. The van der Waals surface area contributed by atoms with Crippen molar-refractivity contribution in [2.75, 3.05) is 0 Å². The van der Waals surface area contributed by atoms with Crippen LogP contribution < -0.4 is 0 Å². The summed E-state index contributed by atoms with van der Waals surface area (Å²) < 4.78 is 0.525. The van der Waals surface area contributed by atoms with Crippen LogP contribution in [0.5, 0.6) is 0 Å². The third kappa shape index (κ3) is 4.64. The van der Waals surface area contributed by atoms with E-state index >= 15 is 0 Å². The van der Waals surface area contributed by atoms with E-state index in [1.54, 1.807) is 0 Å². The molecule has 102 valence electrons. The molecule has 19 heavy (non-hydrogen) atoms. The molecule has 0 aliphatic rings. The second kappa shape index (κ2) is 8.36. The minimum atomic E-state index is 0.525. The Morgan fingerprint density at radius 3 is 1.84 bits per heavy atom. The molecule has 0 spiro atoms. The summed E-state index contributed by atoms with van der Waals surface area (Å²) >= 11 is 2.55. The van der Waals surface area contributed by atoms with Gasteiger partial charge in [0, 0.05) is 3.92 Å². The molecular weight excluding hydrogens is 343 g/mol. The summed E-state index contributed by atoms with van der Waals surface area (Å²) in [4.78, 5) is 0. The number of hydrogen-bond acceptors (Lipinski definition) is 0. The van der Waals surface area contributed by atoms with Crippen molar-refractivity contribution < 1.29 is 0 Å². The molecule has 2 atom stereocenters. The van der Waals surface area contributed by atoms with E-state index in [1.807, 2.05) is 13.8 Å². The second-order valence-electron chi connectivity index (χ2n) is 4.51. The van der Waals surface area contributed by atoms with Gasteiger partial charge in [0.1, 0.15) is 0 Å². The van der Waals surface area contributed by atoms with E-state index < -0.39 is 0 Å². The first-order valence-electron chi connectivity index (χ1n) is 6.94. The SMILES string of the molecule is CC.Cc1ccc(C(C)C(I)c2ccccc2)cc1. The van der Waals surface area contributed by atoms with Crippen LogP contribution >= 0.6 is 22.6 Å². The van der Waals surface area contributed by atoms with Gasteiger partial charge in [0.25, 0.3) is 0 Å². The van der Waals surface area contributed by atoms with E-state index in [2.05, 4.69) is 91.0 Å². The molecule has 0 saturated carbocycles. The van der Waals surface area contributed by atoms with Crippen LogP contribution in [0.15, 0.2) is 54.6 Å². The van der Waals surface area contributed by atoms with Crippen LogP contribution in [-0.4, -0.2) is 0 Å². The Balaban J connectivity index is 0.000000861. The maximum Gasteiger partial charge on any atom is 0.0425 e. The predicted octanol–water partition coefficient (Wildman–Crippen LogP) is 6.30. The molecule has 2 aromatic carbocycles. The third-order valence-corrected chi connectivity index (χ3v) is 4.96. The minimum absolute atomic E-state index is 0.525. The lowest BCUT2D eigenvalue weighted by molar-refractivity contribution is 0.764. The fourth-order valence-corrected chi connectivity index (χ4v) is 2.79. The fraction of sp³-hybridized carbons (Fsp3) is 0.333. The van der Waals surface area contributed by atoms with E-state index in [0.29, 0.717) is 9.84 Å². The van der Waals surface area contributed by atoms with Gasteiger partial charge in [-0.15, -0.1) is 0 Å². The average Bonchev–Trinajstić information content (AvgIpc) is 2.49. The van der Waals surface area contributed by atoms with Gasteiger partial charge in [-0.25, -0.2) is 0 Å². The van der Waals surface area contributed by atoms with Crippen LogP contribution in [0.4, 0.5) is 0 Å². The number of halogens is 1. The number of alkyl halides is 1. The smallest absolute Gasteiger partial charge is 0.0425 e. The summed E-state index contributed by atoms with van der Waals surface area (Å²) in [7, 11) is 0. The highest BCUT2D eigenvalue weighted by atomic mass is 127. The predicted molar refractivity (Wildman–Crippen MR) is 94.1 cm³/mol. The quantitative estimate of drug-likeness (QED) is 0.442. The minimum Gasteiger partial charge on any atom is -0.0768 e. The van der Waals surface area contributed by atoms with Crippen LogP contribution in [0.2, 0.25) is 0 Å². The van der Waals surface area contributed by atoms with Gasteiger partial charge in [-0.05, 0) is 24.0 Å².